The fourth-order valence-corrected chi connectivity index (χ4v) is 4.57. The SMILES string of the molecule is CCOc1nc(-c2cccc(-c3cccc(Nc4nc(C)nc5cccnc45)c3C)c2Cl)ccc1C=O. The Hall–Kier alpha value is -4.36. The van der Waals surface area contributed by atoms with Crippen molar-refractivity contribution in [2.75, 3.05) is 11.9 Å². The standard InChI is InChI=1S/C29H24ClN5O2/c1-4-37-29-19(16-36)13-14-24(35-29)22-10-5-9-21(26(22)30)20-8-6-11-23(17(20)2)34-28-27-25(12-7-15-31-27)32-18(3)33-28/h5-16H,4H2,1-3H3,(H,32,33,34). The lowest BCUT2D eigenvalue weighted by molar-refractivity contribution is 0.111. The number of rotatable bonds is 7. The predicted molar refractivity (Wildman–Crippen MR) is 147 cm³/mol. The lowest BCUT2D eigenvalue weighted by Gasteiger charge is -2.16. The van der Waals surface area contributed by atoms with Crippen LogP contribution in [0.1, 0.15) is 28.7 Å². The number of hydrogen-bond acceptors (Lipinski definition) is 7. The Labute approximate surface area is 219 Å². The molecule has 8 heteroatoms. The van der Waals surface area contributed by atoms with Crippen LogP contribution in [0, 0.1) is 13.8 Å². The summed E-state index contributed by atoms with van der Waals surface area (Å²) >= 11 is 6.96. The molecule has 0 aliphatic rings. The summed E-state index contributed by atoms with van der Waals surface area (Å²) < 4.78 is 5.57. The molecule has 0 aliphatic heterocycles. The maximum absolute atomic E-state index is 11.4. The smallest absolute Gasteiger partial charge is 0.224 e. The molecule has 2 aromatic carbocycles. The molecule has 0 spiro atoms. The molecule has 3 aromatic heterocycles. The van der Waals surface area contributed by atoms with Crippen LogP contribution in [0.2, 0.25) is 5.02 Å². The summed E-state index contributed by atoms with van der Waals surface area (Å²) in [6.45, 7) is 6.15. The Morgan fingerprint density at radius 1 is 0.919 bits per heavy atom. The van der Waals surface area contributed by atoms with E-state index < -0.39 is 0 Å². The minimum absolute atomic E-state index is 0.292. The lowest BCUT2D eigenvalue weighted by atomic mass is 9.96. The molecular weight excluding hydrogens is 486 g/mol. The van der Waals surface area contributed by atoms with Crippen LogP contribution in [0.5, 0.6) is 5.88 Å². The average Bonchev–Trinajstić information content (AvgIpc) is 2.90. The summed E-state index contributed by atoms with van der Waals surface area (Å²) in [6, 6.07) is 19.1. The highest BCUT2D eigenvalue weighted by atomic mass is 35.5. The fourth-order valence-electron chi connectivity index (χ4n) is 4.24. The van der Waals surface area contributed by atoms with Crippen molar-refractivity contribution in [2.24, 2.45) is 0 Å². The largest absolute Gasteiger partial charge is 0.477 e. The highest BCUT2D eigenvalue weighted by Crippen LogP contribution is 2.39. The van der Waals surface area contributed by atoms with Gasteiger partial charge in [0.2, 0.25) is 5.88 Å². The molecular formula is C29H24ClN5O2. The van der Waals surface area contributed by atoms with Gasteiger partial charge in [-0.05, 0) is 62.2 Å². The van der Waals surface area contributed by atoms with Crippen LogP contribution in [0.4, 0.5) is 11.5 Å². The van der Waals surface area contributed by atoms with E-state index in [-0.39, 0.29) is 0 Å². The van der Waals surface area contributed by atoms with Crippen molar-refractivity contribution in [3.05, 3.63) is 88.8 Å². The molecule has 7 nitrogen and oxygen atoms in total. The topological polar surface area (TPSA) is 89.9 Å². The fraction of sp³-hybridized carbons (Fsp3) is 0.138. The van der Waals surface area contributed by atoms with Gasteiger partial charge in [-0.25, -0.2) is 15.0 Å². The number of carbonyl (C=O) groups is 1. The second-order valence-electron chi connectivity index (χ2n) is 8.40. The molecule has 0 unspecified atom stereocenters. The normalized spacial score (nSPS) is 10.9. The zero-order chi connectivity index (χ0) is 25.9. The van der Waals surface area contributed by atoms with Crippen LogP contribution >= 0.6 is 11.6 Å². The number of pyridine rings is 2. The Balaban J connectivity index is 1.57. The lowest BCUT2D eigenvalue weighted by Crippen LogP contribution is -2.02. The molecule has 0 atom stereocenters. The quantitative estimate of drug-likeness (QED) is 0.237. The van der Waals surface area contributed by atoms with Crippen LogP contribution in [0.3, 0.4) is 0 Å². The van der Waals surface area contributed by atoms with Gasteiger partial charge in [-0.3, -0.25) is 9.78 Å². The van der Waals surface area contributed by atoms with Gasteiger partial charge in [0.05, 0.1) is 28.4 Å². The van der Waals surface area contributed by atoms with Gasteiger partial charge in [0.25, 0.3) is 0 Å². The van der Waals surface area contributed by atoms with E-state index in [1.807, 2.05) is 69.3 Å². The number of nitrogens with one attached hydrogen (secondary N) is 1. The Kier molecular flexibility index (Phi) is 6.79. The number of hydrogen-bond donors (Lipinski definition) is 1. The van der Waals surface area contributed by atoms with Gasteiger partial charge in [0.1, 0.15) is 11.3 Å². The van der Waals surface area contributed by atoms with Crippen molar-refractivity contribution < 1.29 is 9.53 Å². The number of anilines is 2. The predicted octanol–water partition coefficient (Wildman–Crippen LogP) is 6.98. The van der Waals surface area contributed by atoms with Gasteiger partial charge in [0.15, 0.2) is 12.1 Å². The molecule has 3 heterocycles. The molecule has 0 fully saturated rings. The second-order valence-corrected chi connectivity index (χ2v) is 8.78. The van der Waals surface area contributed by atoms with Crippen LogP contribution in [-0.2, 0) is 0 Å². The summed E-state index contributed by atoms with van der Waals surface area (Å²) in [5.74, 6) is 1.60. The molecule has 5 aromatic rings. The Morgan fingerprint density at radius 2 is 1.70 bits per heavy atom. The molecule has 37 heavy (non-hydrogen) atoms. The maximum atomic E-state index is 11.4. The van der Waals surface area contributed by atoms with Crippen molar-refractivity contribution in [3.8, 4) is 28.3 Å². The summed E-state index contributed by atoms with van der Waals surface area (Å²) in [5, 5.41) is 4.00. The third-order valence-electron chi connectivity index (χ3n) is 6.02. The van der Waals surface area contributed by atoms with Crippen molar-refractivity contribution in [1.82, 2.24) is 19.9 Å². The van der Waals surface area contributed by atoms with Gasteiger partial charge in [-0.1, -0.05) is 41.9 Å². The highest BCUT2D eigenvalue weighted by molar-refractivity contribution is 6.36. The number of aryl methyl sites for hydroxylation is 1. The summed E-state index contributed by atoms with van der Waals surface area (Å²) in [6.07, 6.45) is 2.47. The molecule has 184 valence electrons. The van der Waals surface area contributed by atoms with E-state index in [4.69, 9.17) is 16.3 Å². The molecule has 0 saturated heterocycles. The van der Waals surface area contributed by atoms with Crippen LogP contribution in [0.15, 0.2) is 66.9 Å². The summed E-state index contributed by atoms with van der Waals surface area (Å²) in [4.78, 5) is 29.5. The minimum atomic E-state index is 0.292. The molecule has 5 rings (SSSR count). The van der Waals surface area contributed by atoms with Crippen LogP contribution in [0.25, 0.3) is 33.4 Å². The molecule has 0 aliphatic carbocycles. The number of nitrogens with zero attached hydrogens (tertiary/aromatic N) is 4. The van der Waals surface area contributed by atoms with Gasteiger partial charge in [-0.15, -0.1) is 0 Å². The zero-order valence-corrected chi connectivity index (χ0v) is 21.4. The van der Waals surface area contributed by atoms with E-state index in [1.54, 1.807) is 18.3 Å². The molecule has 0 amide bonds. The van der Waals surface area contributed by atoms with Crippen molar-refractivity contribution >= 4 is 40.4 Å². The second kappa shape index (κ2) is 10.3. The third kappa shape index (κ3) is 4.73. The van der Waals surface area contributed by atoms with Gasteiger partial charge >= 0.3 is 0 Å². The van der Waals surface area contributed by atoms with E-state index in [1.165, 1.54) is 0 Å². The van der Waals surface area contributed by atoms with Gasteiger partial charge < -0.3 is 10.1 Å². The number of carbonyl (C=O) groups excluding carboxylic acids is 1. The van der Waals surface area contributed by atoms with Gasteiger partial charge in [0, 0.05) is 23.0 Å². The van der Waals surface area contributed by atoms with Crippen molar-refractivity contribution in [1.29, 1.82) is 0 Å². The number of benzene rings is 2. The first-order valence-electron chi connectivity index (χ1n) is 11.8. The monoisotopic (exact) mass is 509 g/mol. The maximum Gasteiger partial charge on any atom is 0.224 e. The number of aromatic nitrogens is 4. The van der Waals surface area contributed by atoms with E-state index >= 15 is 0 Å². The number of halogens is 1. The molecule has 1 N–H and O–H groups in total. The van der Waals surface area contributed by atoms with Gasteiger partial charge in [-0.2, -0.15) is 0 Å². The van der Waals surface area contributed by atoms with Crippen molar-refractivity contribution in [2.45, 2.75) is 20.8 Å². The Morgan fingerprint density at radius 3 is 2.51 bits per heavy atom. The van der Waals surface area contributed by atoms with Crippen LogP contribution < -0.4 is 10.1 Å². The van der Waals surface area contributed by atoms with E-state index in [2.05, 4.69) is 25.3 Å². The minimum Gasteiger partial charge on any atom is -0.477 e. The first kappa shape index (κ1) is 24.3. The van der Waals surface area contributed by atoms with Crippen LogP contribution in [-0.4, -0.2) is 32.8 Å². The number of ether oxygens (including phenoxy) is 1. The number of fused-ring (bicyclic) bond motifs is 1. The number of aldehydes is 1. The van der Waals surface area contributed by atoms with E-state index in [9.17, 15) is 4.79 Å². The van der Waals surface area contributed by atoms with E-state index in [0.717, 1.165) is 39.7 Å². The first-order valence-corrected chi connectivity index (χ1v) is 12.2. The molecule has 0 saturated carbocycles. The Bertz CT molecular complexity index is 1640. The van der Waals surface area contributed by atoms with E-state index in [0.29, 0.717) is 45.9 Å². The third-order valence-corrected chi connectivity index (χ3v) is 6.42. The van der Waals surface area contributed by atoms with Crippen molar-refractivity contribution in [3.63, 3.8) is 0 Å². The average molecular weight is 510 g/mol. The first-order chi connectivity index (χ1) is 18.0. The molecule has 0 radical (unpaired) electrons. The summed E-state index contributed by atoms with van der Waals surface area (Å²) in [5.41, 5.74) is 6.97. The molecule has 0 bridgehead atoms. The summed E-state index contributed by atoms with van der Waals surface area (Å²) in [7, 11) is 0. The highest BCUT2D eigenvalue weighted by Gasteiger charge is 2.17. The zero-order valence-electron chi connectivity index (χ0n) is 20.6.